The van der Waals surface area contributed by atoms with Gasteiger partial charge in [-0.05, 0) is 12.5 Å². The van der Waals surface area contributed by atoms with Crippen molar-refractivity contribution in [3.63, 3.8) is 0 Å². The van der Waals surface area contributed by atoms with E-state index in [1.807, 2.05) is 0 Å². The number of hydrogen-bond donors (Lipinski definition) is 1. The highest BCUT2D eigenvalue weighted by atomic mass is 16.6. The van der Waals surface area contributed by atoms with Crippen molar-refractivity contribution < 1.29 is 10.0 Å². The lowest BCUT2D eigenvalue weighted by atomic mass is 10.1. The lowest BCUT2D eigenvalue weighted by Crippen LogP contribution is -1.93. The Kier molecular flexibility index (Phi) is 2.40. The van der Waals surface area contributed by atoms with E-state index < -0.39 is 11.0 Å². The topological polar surface area (TPSA) is 63.4 Å². The molecule has 0 bridgehead atoms. The van der Waals surface area contributed by atoms with E-state index in [1.54, 1.807) is 6.07 Å². The second kappa shape index (κ2) is 3.32. The summed E-state index contributed by atoms with van der Waals surface area (Å²) in [6.07, 6.45) is -0.912. The van der Waals surface area contributed by atoms with Gasteiger partial charge in [-0.25, -0.2) is 0 Å². The van der Waals surface area contributed by atoms with Gasteiger partial charge in [-0.3, -0.25) is 10.1 Å². The molecule has 4 heteroatoms. The smallest absolute Gasteiger partial charge is 0.269 e. The molecule has 1 aromatic rings. The van der Waals surface area contributed by atoms with Gasteiger partial charge in [0.1, 0.15) is 0 Å². The van der Waals surface area contributed by atoms with Crippen LogP contribution in [0.15, 0.2) is 24.3 Å². The molecule has 0 fully saturated rings. The summed E-state index contributed by atoms with van der Waals surface area (Å²) in [5.74, 6) is 0. The summed E-state index contributed by atoms with van der Waals surface area (Å²) in [5.41, 5.74) is 0.416. The van der Waals surface area contributed by atoms with Gasteiger partial charge < -0.3 is 5.11 Å². The summed E-state index contributed by atoms with van der Waals surface area (Å²) in [6.45, 7) is 3.34. The summed E-state index contributed by atoms with van der Waals surface area (Å²) in [6, 6.07) is 5.77. The van der Waals surface area contributed by atoms with Crippen LogP contribution in [0.4, 0.5) is 5.69 Å². The molecule has 1 unspecified atom stereocenters. The van der Waals surface area contributed by atoms with Crippen molar-refractivity contribution in [3.8, 4) is 0 Å². The third kappa shape index (κ3) is 1.79. The summed E-state index contributed by atoms with van der Waals surface area (Å²) in [4.78, 5) is 9.77. The molecule has 0 amide bonds. The predicted octanol–water partition coefficient (Wildman–Crippen LogP) is 1.46. The number of aliphatic hydroxyl groups is 1. The SMILES string of the molecule is [CH2]C(O)c1cccc([N+](=O)[O-])c1. The number of nitrogens with zero attached hydrogens (tertiary/aromatic N) is 1. The molecule has 4 nitrogen and oxygen atoms in total. The monoisotopic (exact) mass is 166 g/mol. The van der Waals surface area contributed by atoms with E-state index >= 15 is 0 Å². The second-order valence-electron chi connectivity index (χ2n) is 2.37. The third-order valence-electron chi connectivity index (χ3n) is 1.47. The normalized spacial score (nSPS) is 12.5. The highest BCUT2D eigenvalue weighted by Crippen LogP contribution is 2.17. The standard InChI is InChI=1S/C8H8NO3/c1-6(10)7-3-2-4-8(5-7)9(11)12/h2-6,10H,1H2. The van der Waals surface area contributed by atoms with Crippen molar-refractivity contribution in [2.24, 2.45) is 0 Å². The zero-order valence-electron chi connectivity index (χ0n) is 6.30. The number of nitro groups is 1. The summed E-state index contributed by atoms with van der Waals surface area (Å²) < 4.78 is 0. The van der Waals surface area contributed by atoms with Gasteiger partial charge in [0.15, 0.2) is 0 Å². The van der Waals surface area contributed by atoms with Crippen molar-refractivity contribution in [1.29, 1.82) is 0 Å². The lowest BCUT2D eigenvalue weighted by Gasteiger charge is -2.02. The average molecular weight is 166 g/mol. The predicted molar refractivity (Wildman–Crippen MR) is 43.4 cm³/mol. The van der Waals surface area contributed by atoms with Gasteiger partial charge in [0.2, 0.25) is 0 Å². The fraction of sp³-hybridized carbons (Fsp3) is 0.125. The van der Waals surface area contributed by atoms with Gasteiger partial charge in [-0.2, -0.15) is 0 Å². The molecule has 0 aliphatic heterocycles. The van der Waals surface area contributed by atoms with Gasteiger partial charge in [-0.15, -0.1) is 0 Å². The first-order valence-corrected chi connectivity index (χ1v) is 3.37. The molecule has 0 spiro atoms. The number of benzene rings is 1. The van der Waals surface area contributed by atoms with Crippen molar-refractivity contribution in [3.05, 3.63) is 46.9 Å². The van der Waals surface area contributed by atoms with E-state index in [0.29, 0.717) is 5.56 Å². The fourth-order valence-electron chi connectivity index (χ4n) is 0.846. The molecule has 0 heterocycles. The number of aliphatic hydroxyl groups excluding tert-OH is 1. The maximum atomic E-state index is 10.3. The van der Waals surface area contributed by atoms with Crippen molar-refractivity contribution in [2.45, 2.75) is 6.10 Å². The zero-order chi connectivity index (χ0) is 9.14. The minimum atomic E-state index is -0.912. The van der Waals surface area contributed by atoms with Crippen LogP contribution in [0.5, 0.6) is 0 Å². The van der Waals surface area contributed by atoms with E-state index in [2.05, 4.69) is 6.92 Å². The summed E-state index contributed by atoms with van der Waals surface area (Å²) in [5, 5.41) is 19.3. The molecule has 0 saturated carbocycles. The van der Waals surface area contributed by atoms with E-state index in [0.717, 1.165) is 0 Å². The zero-order valence-corrected chi connectivity index (χ0v) is 6.30. The minimum absolute atomic E-state index is 0.0322. The molecule has 63 valence electrons. The van der Waals surface area contributed by atoms with Gasteiger partial charge in [0.25, 0.3) is 5.69 Å². The Bertz CT molecular complexity index is 296. The Morgan fingerprint density at radius 2 is 2.25 bits per heavy atom. The highest BCUT2D eigenvalue weighted by molar-refractivity contribution is 5.35. The molecule has 1 rings (SSSR count). The molecule has 0 aromatic heterocycles. The van der Waals surface area contributed by atoms with Gasteiger partial charge in [0.05, 0.1) is 11.0 Å². The maximum Gasteiger partial charge on any atom is 0.269 e. The first-order chi connectivity index (χ1) is 5.61. The maximum absolute atomic E-state index is 10.3. The Morgan fingerprint density at radius 3 is 2.75 bits per heavy atom. The van der Waals surface area contributed by atoms with Crippen LogP contribution >= 0.6 is 0 Å². The second-order valence-corrected chi connectivity index (χ2v) is 2.37. The Balaban J connectivity index is 3.04. The highest BCUT2D eigenvalue weighted by Gasteiger charge is 2.07. The van der Waals surface area contributed by atoms with Crippen LogP contribution in [0, 0.1) is 17.0 Å². The number of non-ortho nitro benzene ring substituents is 1. The number of hydrogen-bond acceptors (Lipinski definition) is 3. The quantitative estimate of drug-likeness (QED) is 0.534. The Hall–Kier alpha value is -1.42. The first kappa shape index (κ1) is 8.67. The van der Waals surface area contributed by atoms with E-state index in [9.17, 15) is 10.1 Å². The van der Waals surface area contributed by atoms with E-state index in [-0.39, 0.29) is 5.69 Å². The van der Waals surface area contributed by atoms with Crippen LogP contribution < -0.4 is 0 Å². The molecular weight excluding hydrogens is 158 g/mol. The molecule has 0 saturated heterocycles. The van der Waals surface area contributed by atoms with Crippen molar-refractivity contribution in [1.82, 2.24) is 0 Å². The summed E-state index contributed by atoms with van der Waals surface area (Å²) in [7, 11) is 0. The van der Waals surface area contributed by atoms with Crippen molar-refractivity contribution in [2.75, 3.05) is 0 Å². The minimum Gasteiger partial charge on any atom is -0.388 e. The largest absolute Gasteiger partial charge is 0.388 e. The molecular formula is C8H8NO3. The number of rotatable bonds is 2. The fourth-order valence-corrected chi connectivity index (χ4v) is 0.846. The Labute approximate surface area is 69.6 Å². The van der Waals surface area contributed by atoms with Gasteiger partial charge in [-0.1, -0.05) is 12.1 Å². The van der Waals surface area contributed by atoms with Crippen LogP contribution in [0.3, 0.4) is 0 Å². The lowest BCUT2D eigenvalue weighted by molar-refractivity contribution is -0.385. The van der Waals surface area contributed by atoms with Crippen molar-refractivity contribution >= 4 is 5.69 Å². The van der Waals surface area contributed by atoms with Crippen LogP contribution in [0.1, 0.15) is 11.7 Å². The third-order valence-corrected chi connectivity index (χ3v) is 1.47. The molecule has 12 heavy (non-hydrogen) atoms. The van der Waals surface area contributed by atoms with Crippen LogP contribution in [0.25, 0.3) is 0 Å². The molecule has 0 aliphatic carbocycles. The number of nitro benzene ring substituents is 1. The molecule has 1 atom stereocenters. The first-order valence-electron chi connectivity index (χ1n) is 3.37. The molecule has 1 radical (unpaired) electrons. The van der Waals surface area contributed by atoms with Gasteiger partial charge in [0, 0.05) is 12.1 Å². The van der Waals surface area contributed by atoms with Gasteiger partial charge >= 0.3 is 0 Å². The molecule has 1 N–H and O–H groups in total. The van der Waals surface area contributed by atoms with Crippen LogP contribution in [-0.4, -0.2) is 10.0 Å². The Morgan fingerprint density at radius 1 is 1.58 bits per heavy atom. The average Bonchev–Trinajstić information content (AvgIpc) is 2.04. The summed E-state index contributed by atoms with van der Waals surface area (Å²) >= 11 is 0. The molecule has 1 aromatic carbocycles. The molecule has 0 aliphatic rings. The van der Waals surface area contributed by atoms with E-state index in [4.69, 9.17) is 5.11 Å². The van der Waals surface area contributed by atoms with Crippen LogP contribution in [0.2, 0.25) is 0 Å². The van der Waals surface area contributed by atoms with Crippen LogP contribution in [-0.2, 0) is 0 Å². The van der Waals surface area contributed by atoms with E-state index in [1.165, 1.54) is 18.2 Å².